The predicted octanol–water partition coefficient (Wildman–Crippen LogP) is 1.77. The van der Waals surface area contributed by atoms with Crippen LogP contribution < -0.4 is 0 Å². The summed E-state index contributed by atoms with van der Waals surface area (Å²) in [5.41, 5.74) is 0.769. The van der Waals surface area contributed by atoms with Crippen LogP contribution in [-0.2, 0) is 4.79 Å². The number of amides is 1. The molecule has 1 saturated heterocycles. The van der Waals surface area contributed by atoms with Crippen LogP contribution in [0.4, 0.5) is 4.39 Å². The average molecular weight is 296 g/mol. The summed E-state index contributed by atoms with van der Waals surface area (Å²) in [6.45, 7) is 2.34. The minimum Gasteiger partial charge on any atom is -0.339 e. The van der Waals surface area contributed by atoms with Crippen molar-refractivity contribution in [2.45, 2.75) is 6.04 Å². The van der Waals surface area contributed by atoms with Crippen molar-refractivity contribution in [3.63, 3.8) is 0 Å². The molecule has 20 heavy (non-hydrogen) atoms. The molecule has 1 fully saturated rings. The number of nitrogens with zero attached hydrogens (tertiary/aromatic N) is 3. The van der Waals surface area contributed by atoms with E-state index < -0.39 is 6.04 Å². The Morgan fingerprint density at radius 3 is 2.40 bits per heavy atom. The third-order valence-corrected chi connectivity index (χ3v) is 3.68. The molecule has 1 atom stereocenters. The van der Waals surface area contributed by atoms with E-state index in [1.54, 1.807) is 17.0 Å². The number of alkyl halides is 1. The van der Waals surface area contributed by atoms with Gasteiger partial charge in [-0.05, 0) is 17.7 Å². The van der Waals surface area contributed by atoms with Crippen LogP contribution in [0, 0.1) is 17.1 Å². The number of hydrogen-bond acceptors (Lipinski definition) is 3. The highest BCUT2D eigenvalue weighted by molar-refractivity contribution is 6.27. The first-order valence-electron chi connectivity index (χ1n) is 6.38. The number of rotatable bonds is 3. The highest BCUT2D eigenvalue weighted by Gasteiger charge is 2.26. The van der Waals surface area contributed by atoms with Crippen LogP contribution in [0.25, 0.3) is 0 Å². The Labute approximate surface area is 122 Å². The van der Waals surface area contributed by atoms with Gasteiger partial charge in [0.2, 0.25) is 5.91 Å². The number of carbonyl (C=O) groups is 1. The number of halogens is 2. The summed E-state index contributed by atoms with van der Waals surface area (Å²) >= 11 is 5.53. The Kier molecular flexibility index (Phi) is 4.94. The second-order valence-electron chi connectivity index (χ2n) is 4.63. The Morgan fingerprint density at radius 1 is 1.30 bits per heavy atom. The summed E-state index contributed by atoms with van der Waals surface area (Å²) < 4.78 is 12.9. The van der Waals surface area contributed by atoms with Crippen LogP contribution in [0.3, 0.4) is 0 Å². The first-order valence-corrected chi connectivity index (χ1v) is 6.92. The molecule has 1 amide bonds. The molecule has 106 valence electrons. The molecule has 0 bridgehead atoms. The van der Waals surface area contributed by atoms with Crippen molar-refractivity contribution in [2.75, 3.05) is 32.1 Å². The van der Waals surface area contributed by atoms with E-state index in [9.17, 15) is 14.4 Å². The van der Waals surface area contributed by atoms with Crippen LogP contribution >= 0.6 is 11.6 Å². The topological polar surface area (TPSA) is 47.3 Å². The largest absolute Gasteiger partial charge is 0.339 e. The number of hydrogen-bond donors (Lipinski definition) is 0. The molecular formula is C14H15ClFN3O. The fourth-order valence-electron chi connectivity index (χ4n) is 2.33. The lowest BCUT2D eigenvalue weighted by Gasteiger charge is -2.36. The summed E-state index contributed by atoms with van der Waals surface area (Å²) in [6, 6.07) is 7.78. The lowest BCUT2D eigenvalue weighted by Crippen LogP contribution is -2.49. The molecule has 6 heteroatoms. The second-order valence-corrected chi connectivity index (χ2v) is 4.90. The zero-order valence-corrected chi connectivity index (χ0v) is 11.7. The molecule has 2 rings (SSSR count). The molecule has 0 aliphatic carbocycles. The molecule has 0 saturated carbocycles. The molecule has 1 aliphatic rings. The number of benzene rings is 1. The zero-order valence-electron chi connectivity index (χ0n) is 10.9. The van der Waals surface area contributed by atoms with E-state index >= 15 is 0 Å². The highest BCUT2D eigenvalue weighted by atomic mass is 35.5. The average Bonchev–Trinajstić information content (AvgIpc) is 2.50. The molecule has 0 spiro atoms. The van der Waals surface area contributed by atoms with Crippen molar-refractivity contribution in [1.29, 1.82) is 5.26 Å². The Bertz CT molecular complexity index is 506. The van der Waals surface area contributed by atoms with Gasteiger partial charge in [0.1, 0.15) is 17.7 Å². The van der Waals surface area contributed by atoms with Crippen LogP contribution in [0.15, 0.2) is 24.3 Å². The van der Waals surface area contributed by atoms with Crippen LogP contribution in [0.5, 0.6) is 0 Å². The van der Waals surface area contributed by atoms with E-state index in [4.69, 9.17) is 11.6 Å². The van der Waals surface area contributed by atoms with E-state index in [0.29, 0.717) is 26.2 Å². The number of carbonyl (C=O) groups excluding carboxylic acids is 1. The van der Waals surface area contributed by atoms with E-state index in [1.165, 1.54) is 12.1 Å². The van der Waals surface area contributed by atoms with Crippen LogP contribution in [-0.4, -0.2) is 47.8 Å². The normalized spacial score (nSPS) is 17.6. The molecule has 0 aromatic heterocycles. The minimum absolute atomic E-state index is 0.0142. The minimum atomic E-state index is -0.413. The number of nitriles is 1. The van der Waals surface area contributed by atoms with Gasteiger partial charge in [0, 0.05) is 26.2 Å². The zero-order chi connectivity index (χ0) is 14.5. The Hall–Kier alpha value is -1.64. The van der Waals surface area contributed by atoms with Gasteiger partial charge in [-0.2, -0.15) is 5.26 Å². The van der Waals surface area contributed by atoms with Gasteiger partial charge in [0.25, 0.3) is 0 Å². The number of piperazine rings is 1. The summed E-state index contributed by atoms with van der Waals surface area (Å²) in [7, 11) is 0. The van der Waals surface area contributed by atoms with Gasteiger partial charge in [0.15, 0.2) is 0 Å². The quantitative estimate of drug-likeness (QED) is 0.799. The Balaban J connectivity index is 2.02. The van der Waals surface area contributed by atoms with Crippen LogP contribution in [0.2, 0.25) is 0 Å². The highest BCUT2D eigenvalue weighted by Crippen LogP contribution is 2.21. The van der Waals surface area contributed by atoms with Crippen molar-refractivity contribution in [2.24, 2.45) is 0 Å². The third kappa shape index (κ3) is 3.27. The van der Waals surface area contributed by atoms with E-state index in [0.717, 1.165) is 5.56 Å². The van der Waals surface area contributed by atoms with E-state index in [1.807, 2.05) is 4.90 Å². The maximum Gasteiger partial charge on any atom is 0.237 e. The van der Waals surface area contributed by atoms with Crippen molar-refractivity contribution in [1.82, 2.24) is 9.80 Å². The molecular weight excluding hydrogens is 281 g/mol. The fraction of sp³-hybridized carbons (Fsp3) is 0.429. The van der Waals surface area contributed by atoms with Gasteiger partial charge < -0.3 is 4.90 Å². The molecule has 0 N–H and O–H groups in total. The molecule has 1 aromatic rings. The smallest absolute Gasteiger partial charge is 0.237 e. The van der Waals surface area contributed by atoms with Gasteiger partial charge >= 0.3 is 0 Å². The van der Waals surface area contributed by atoms with E-state index in [2.05, 4.69) is 6.07 Å². The van der Waals surface area contributed by atoms with Gasteiger partial charge in [-0.15, -0.1) is 11.6 Å². The molecule has 1 aromatic carbocycles. The SMILES string of the molecule is N#C[C@H](c1ccc(F)cc1)N1CCN(C(=O)CCl)CC1. The maximum absolute atomic E-state index is 12.9. The maximum atomic E-state index is 12.9. The van der Waals surface area contributed by atoms with Gasteiger partial charge in [-0.3, -0.25) is 9.69 Å². The molecule has 1 aliphatic heterocycles. The standard InChI is InChI=1S/C14H15ClFN3O/c15-9-14(20)19-7-5-18(6-8-19)13(10-17)11-1-3-12(16)4-2-11/h1-4,13H,5-9H2/t13-/m1/s1. The van der Waals surface area contributed by atoms with Crippen molar-refractivity contribution < 1.29 is 9.18 Å². The van der Waals surface area contributed by atoms with Gasteiger partial charge in [-0.25, -0.2) is 4.39 Å². The van der Waals surface area contributed by atoms with E-state index in [-0.39, 0.29) is 17.6 Å². The summed E-state index contributed by atoms with van der Waals surface area (Å²) in [5, 5.41) is 9.34. The van der Waals surface area contributed by atoms with Gasteiger partial charge in [-0.1, -0.05) is 12.1 Å². The fourth-order valence-corrected chi connectivity index (χ4v) is 2.50. The monoisotopic (exact) mass is 295 g/mol. The summed E-state index contributed by atoms with van der Waals surface area (Å²) in [6.07, 6.45) is 0. The molecule has 0 radical (unpaired) electrons. The lowest BCUT2D eigenvalue weighted by atomic mass is 10.1. The van der Waals surface area contributed by atoms with Crippen molar-refractivity contribution in [3.8, 4) is 6.07 Å². The molecule has 4 nitrogen and oxygen atoms in total. The lowest BCUT2D eigenvalue weighted by molar-refractivity contribution is -0.130. The predicted molar refractivity (Wildman–Crippen MR) is 73.6 cm³/mol. The third-order valence-electron chi connectivity index (χ3n) is 3.45. The van der Waals surface area contributed by atoms with Gasteiger partial charge in [0.05, 0.1) is 6.07 Å². The first kappa shape index (κ1) is 14.8. The Morgan fingerprint density at radius 2 is 1.90 bits per heavy atom. The van der Waals surface area contributed by atoms with Crippen molar-refractivity contribution in [3.05, 3.63) is 35.6 Å². The van der Waals surface area contributed by atoms with Crippen LogP contribution in [0.1, 0.15) is 11.6 Å². The summed E-state index contributed by atoms with van der Waals surface area (Å²) in [5.74, 6) is -0.413. The molecule has 0 unspecified atom stereocenters. The van der Waals surface area contributed by atoms with Crippen molar-refractivity contribution >= 4 is 17.5 Å². The second kappa shape index (κ2) is 6.69. The summed E-state index contributed by atoms with van der Waals surface area (Å²) in [4.78, 5) is 15.2. The molecule has 1 heterocycles. The first-order chi connectivity index (χ1) is 9.65.